The Hall–Kier alpha value is -0.890. The third kappa shape index (κ3) is 2.05. The topological polar surface area (TPSA) is 38.9 Å². The largest absolute Gasteiger partial charge is 0.326 e. The minimum atomic E-state index is 0.627. The van der Waals surface area contributed by atoms with Gasteiger partial charge >= 0.3 is 0 Å². The molecular formula is C13H20N2. The zero-order valence-electron chi connectivity index (χ0n) is 9.71. The molecular weight excluding hydrogens is 184 g/mol. The molecule has 0 fully saturated rings. The van der Waals surface area contributed by atoms with Gasteiger partial charge in [0.05, 0.1) is 0 Å². The second kappa shape index (κ2) is 4.31. The minimum absolute atomic E-state index is 0.627. The van der Waals surface area contributed by atoms with Crippen LogP contribution in [0.2, 0.25) is 0 Å². The first-order chi connectivity index (χ1) is 7.22. The quantitative estimate of drug-likeness (QED) is 0.820. The maximum Gasteiger partial charge on any atom is 0.0438 e. The van der Waals surface area contributed by atoms with E-state index in [1.165, 1.54) is 35.2 Å². The van der Waals surface area contributed by atoms with E-state index in [1.54, 1.807) is 0 Å². The van der Waals surface area contributed by atoms with Crippen LogP contribution in [0.5, 0.6) is 0 Å². The lowest BCUT2D eigenvalue weighted by Crippen LogP contribution is -2.09. The number of hydrogen-bond acceptors (Lipinski definition) is 2. The number of aromatic nitrogens is 1. The monoisotopic (exact) mass is 204 g/mol. The molecule has 0 aromatic carbocycles. The molecule has 1 heterocycles. The second-order valence-corrected chi connectivity index (χ2v) is 4.84. The van der Waals surface area contributed by atoms with Crippen molar-refractivity contribution in [2.24, 2.45) is 11.7 Å². The summed E-state index contributed by atoms with van der Waals surface area (Å²) >= 11 is 0. The molecule has 1 aliphatic carbocycles. The first-order valence-electron chi connectivity index (χ1n) is 5.91. The van der Waals surface area contributed by atoms with Crippen LogP contribution in [0.3, 0.4) is 0 Å². The second-order valence-electron chi connectivity index (χ2n) is 4.84. The molecule has 1 aromatic heterocycles. The lowest BCUT2D eigenvalue weighted by molar-refractivity contribution is 0.637. The van der Waals surface area contributed by atoms with Crippen molar-refractivity contribution in [3.05, 3.63) is 28.6 Å². The zero-order valence-corrected chi connectivity index (χ0v) is 9.71. The van der Waals surface area contributed by atoms with Crippen LogP contribution in [0.15, 0.2) is 6.20 Å². The summed E-state index contributed by atoms with van der Waals surface area (Å²) in [6, 6.07) is 0. The molecule has 0 amide bonds. The van der Waals surface area contributed by atoms with Crippen LogP contribution in [-0.4, -0.2) is 4.98 Å². The highest BCUT2D eigenvalue weighted by atomic mass is 14.7. The summed E-state index contributed by atoms with van der Waals surface area (Å²) in [5.74, 6) is 0.697. The van der Waals surface area contributed by atoms with Crippen molar-refractivity contribution < 1.29 is 0 Å². The number of hydrogen-bond donors (Lipinski definition) is 1. The molecule has 0 saturated heterocycles. The molecule has 1 aromatic rings. The van der Waals surface area contributed by atoms with Gasteiger partial charge in [-0.15, -0.1) is 0 Å². The van der Waals surface area contributed by atoms with Crippen molar-refractivity contribution in [3.63, 3.8) is 0 Å². The van der Waals surface area contributed by atoms with Gasteiger partial charge in [-0.25, -0.2) is 0 Å². The normalized spacial score (nSPS) is 14.7. The minimum Gasteiger partial charge on any atom is -0.326 e. The molecule has 2 nitrogen and oxygen atoms in total. The molecule has 0 aliphatic heterocycles. The van der Waals surface area contributed by atoms with E-state index in [0.717, 1.165) is 12.8 Å². The Labute approximate surface area is 91.9 Å². The maximum atomic E-state index is 5.78. The van der Waals surface area contributed by atoms with Crippen LogP contribution in [0.25, 0.3) is 0 Å². The Morgan fingerprint density at radius 1 is 1.40 bits per heavy atom. The smallest absolute Gasteiger partial charge is 0.0438 e. The molecule has 0 radical (unpaired) electrons. The number of aryl methyl sites for hydroxylation is 1. The lowest BCUT2D eigenvalue weighted by Gasteiger charge is -2.14. The Morgan fingerprint density at radius 3 is 2.87 bits per heavy atom. The van der Waals surface area contributed by atoms with Crippen molar-refractivity contribution in [2.45, 2.75) is 46.1 Å². The summed E-state index contributed by atoms with van der Waals surface area (Å²) < 4.78 is 0. The number of rotatable bonds is 3. The standard InChI is InChI=1S/C13H20N2/c1-9(2)6-12-10(7-14)8-15-13-5-3-4-11(12)13/h8-9H,3-7,14H2,1-2H3. The van der Waals surface area contributed by atoms with Crippen molar-refractivity contribution in [3.8, 4) is 0 Å². The molecule has 0 unspecified atom stereocenters. The maximum absolute atomic E-state index is 5.78. The molecule has 2 rings (SSSR count). The van der Waals surface area contributed by atoms with Gasteiger partial charge in [-0.3, -0.25) is 4.98 Å². The van der Waals surface area contributed by atoms with Crippen LogP contribution in [0, 0.1) is 5.92 Å². The highest BCUT2D eigenvalue weighted by Crippen LogP contribution is 2.27. The molecule has 1 aliphatic rings. The fourth-order valence-electron chi connectivity index (χ4n) is 2.46. The van der Waals surface area contributed by atoms with E-state index in [2.05, 4.69) is 18.8 Å². The van der Waals surface area contributed by atoms with Crippen LogP contribution in [0.4, 0.5) is 0 Å². The van der Waals surface area contributed by atoms with E-state index in [4.69, 9.17) is 5.73 Å². The van der Waals surface area contributed by atoms with E-state index in [9.17, 15) is 0 Å². The number of pyridine rings is 1. The third-order valence-electron chi connectivity index (χ3n) is 3.15. The molecule has 0 bridgehead atoms. The van der Waals surface area contributed by atoms with Crippen LogP contribution in [0.1, 0.15) is 42.7 Å². The van der Waals surface area contributed by atoms with Crippen LogP contribution >= 0.6 is 0 Å². The Morgan fingerprint density at radius 2 is 2.20 bits per heavy atom. The van der Waals surface area contributed by atoms with Gasteiger partial charge in [-0.05, 0) is 48.3 Å². The van der Waals surface area contributed by atoms with Gasteiger partial charge in [0.1, 0.15) is 0 Å². The highest BCUT2D eigenvalue weighted by Gasteiger charge is 2.18. The first-order valence-corrected chi connectivity index (χ1v) is 5.91. The van der Waals surface area contributed by atoms with Crippen molar-refractivity contribution in [1.29, 1.82) is 0 Å². The molecule has 0 saturated carbocycles. The Balaban J connectivity index is 2.42. The molecule has 15 heavy (non-hydrogen) atoms. The predicted octanol–water partition coefficient (Wildman–Crippen LogP) is 2.23. The highest BCUT2D eigenvalue weighted by molar-refractivity contribution is 5.39. The zero-order chi connectivity index (χ0) is 10.8. The summed E-state index contributed by atoms with van der Waals surface area (Å²) in [5, 5.41) is 0. The van der Waals surface area contributed by atoms with E-state index >= 15 is 0 Å². The van der Waals surface area contributed by atoms with E-state index in [1.807, 2.05) is 6.20 Å². The summed E-state index contributed by atoms with van der Waals surface area (Å²) in [4.78, 5) is 4.52. The van der Waals surface area contributed by atoms with Crippen LogP contribution < -0.4 is 5.73 Å². The van der Waals surface area contributed by atoms with Gasteiger partial charge < -0.3 is 5.73 Å². The van der Waals surface area contributed by atoms with Crippen LogP contribution in [-0.2, 0) is 25.8 Å². The molecule has 2 N–H and O–H groups in total. The van der Waals surface area contributed by atoms with Gasteiger partial charge in [-0.2, -0.15) is 0 Å². The van der Waals surface area contributed by atoms with Crippen molar-refractivity contribution >= 4 is 0 Å². The fraction of sp³-hybridized carbons (Fsp3) is 0.615. The van der Waals surface area contributed by atoms with Gasteiger partial charge in [-0.1, -0.05) is 13.8 Å². The average Bonchev–Trinajstić information content (AvgIpc) is 2.65. The first kappa shape index (κ1) is 10.6. The van der Waals surface area contributed by atoms with Crippen molar-refractivity contribution in [1.82, 2.24) is 4.98 Å². The number of nitrogens with zero attached hydrogens (tertiary/aromatic N) is 1. The van der Waals surface area contributed by atoms with Gasteiger partial charge in [0.15, 0.2) is 0 Å². The van der Waals surface area contributed by atoms with E-state index < -0.39 is 0 Å². The summed E-state index contributed by atoms with van der Waals surface area (Å²) in [5.41, 5.74) is 11.4. The molecule has 2 heteroatoms. The molecule has 0 spiro atoms. The average molecular weight is 204 g/mol. The van der Waals surface area contributed by atoms with E-state index in [0.29, 0.717) is 12.5 Å². The van der Waals surface area contributed by atoms with E-state index in [-0.39, 0.29) is 0 Å². The van der Waals surface area contributed by atoms with Crippen molar-refractivity contribution in [2.75, 3.05) is 0 Å². The van der Waals surface area contributed by atoms with Gasteiger partial charge in [0.25, 0.3) is 0 Å². The summed E-state index contributed by atoms with van der Waals surface area (Å²) in [7, 11) is 0. The lowest BCUT2D eigenvalue weighted by atomic mass is 9.94. The number of nitrogens with two attached hydrogens (primary N) is 1. The number of fused-ring (bicyclic) bond motifs is 1. The fourth-order valence-corrected chi connectivity index (χ4v) is 2.46. The molecule has 82 valence electrons. The Bertz CT molecular complexity index is 356. The SMILES string of the molecule is CC(C)Cc1c(CN)cnc2c1CCC2. The Kier molecular flexibility index (Phi) is 3.06. The third-order valence-corrected chi connectivity index (χ3v) is 3.15. The predicted molar refractivity (Wildman–Crippen MR) is 62.7 cm³/mol. The summed E-state index contributed by atoms with van der Waals surface area (Å²) in [6.45, 7) is 5.16. The molecule has 0 atom stereocenters. The van der Waals surface area contributed by atoms with Gasteiger partial charge in [0.2, 0.25) is 0 Å². The van der Waals surface area contributed by atoms with Gasteiger partial charge in [0, 0.05) is 18.4 Å². The summed E-state index contributed by atoms with van der Waals surface area (Å²) in [6.07, 6.45) is 6.77.